The highest BCUT2D eigenvalue weighted by Crippen LogP contribution is 2.57. The van der Waals surface area contributed by atoms with E-state index in [0.29, 0.717) is 0 Å². The summed E-state index contributed by atoms with van der Waals surface area (Å²) in [5.74, 6) is 2.20. The molecule has 1 atom stereocenters. The van der Waals surface area contributed by atoms with E-state index < -0.39 is 0 Å². The van der Waals surface area contributed by atoms with Gasteiger partial charge in [-0.25, -0.2) is 0 Å². The highest BCUT2D eigenvalue weighted by Gasteiger charge is 2.45. The van der Waals surface area contributed by atoms with Gasteiger partial charge in [-0.1, -0.05) is 26.7 Å². The fraction of sp³-hybridized carbons (Fsp3) is 1.00. The Kier molecular flexibility index (Phi) is 2.67. The van der Waals surface area contributed by atoms with E-state index in [-0.39, 0.29) is 0 Å². The van der Waals surface area contributed by atoms with Crippen molar-refractivity contribution in [3.8, 4) is 0 Å². The van der Waals surface area contributed by atoms with Crippen LogP contribution in [0.5, 0.6) is 0 Å². The molecule has 1 unspecified atom stereocenters. The van der Waals surface area contributed by atoms with Gasteiger partial charge >= 0.3 is 0 Å². The van der Waals surface area contributed by atoms with Gasteiger partial charge in [-0.15, -0.1) is 0 Å². The van der Waals surface area contributed by atoms with Crippen LogP contribution in [-0.2, 0) is 0 Å². The quantitative estimate of drug-likeness (QED) is 0.604. The third kappa shape index (κ3) is 1.53. The van der Waals surface area contributed by atoms with E-state index in [4.69, 9.17) is 0 Å². The largest absolute Gasteiger partial charge is 0.0654 e. The van der Waals surface area contributed by atoms with Crippen molar-refractivity contribution in [2.75, 3.05) is 0 Å². The number of rotatable bonds is 3. The van der Waals surface area contributed by atoms with Crippen LogP contribution in [0.3, 0.4) is 0 Å². The zero-order chi connectivity index (χ0) is 9.31. The predicted octanol–water partition coefficient (Wildman–Crippen LogP) is 4.39. The van der Waals surface area contributed by atoms with Crippen molar-refractivity contribution in [3.05, 3.63) is 0 Å². The van der Waals surface area contributed by atoms with Gasteiger partial charge in [-0.2, -0.15) is 0 Å². The fourth-order valence-corrected chi connectivity index (χ4v) is 4.10. The maximum Gasteiger partial charge on any atom is -0.0269 e. The summed E-state index contributed by atoms with van der Waals surface area (Å²) < 4.78 is 0. The molecule has 0 N–H and O–H groups in total. The maximum absolute atomic E-state index is 2.41. The minimum atomic E-state index is 0.804. The molecular formula is C13H24. The van der Waals surface area contributed by atoms with Gasteiger partial charge in [0.2, 0.25) is 0 Å². The number of hydrogen-bond acceptors (Lipinski definition) is 0. The van der Waals surface area contributed by atoms with Gasteiger partial charge in [0.05, 0.1) is 0 Å². The van der Waals surface area contributed by atoms with E-state index in [1.807, 2.05) is 0 Å². The zero-order valence-electron chi connectivity index (χ0n) is 9.31. The predicted molar refractivity (Wildman–Crippen MR) is 57.7 cm³/mol. The Hall–Kier alpha value is 0. The van der Waals surface area contributed by atoms with Crippen LogP contribution in [0.25, 0.3) is 0 Å². The van der Waals surface area contributed by atoms with E-state index in [0.717, 1.165) is 17.3 Å². The van der Waals surface area contributed by atoms with E-state index in [2.05, 4.69) is 13.8 Å². The van der Waals surface area contributed by atoms with Crippen LogP contribution < -0.4 is 0 Å². The molecular weight excluding hydrogens is 156 g/mol. The third-order valence-corrected chi connectivity index (χ3v) is 4.83. The Morgan fingerprint density at radius 3 is 2.38 bits per heavy atom. The molecule has 0 nitrogen and oxygen atoms in total. The highest BCUT2D eigenvalue weighted by molar-refractivity contribution is 4.96. The molecule has 3 fully saturated rings. The van der Waals surface area contributed by atoms with Gasteiger partial charge < -0.3 is 0 Å². The molecule has 2 bridgehead atoms. The van der Waals surface area contributed by atoms with E-state index in [1.54, 1.807) is 32.1 Å². The lowest BCUT2D eigenvalue weighted by Crippen LogP contribution is -2.41. The second kappa shape index (κ2) is 3.63. The maximum atomic E-state index is 2.41. The fourth-order valence-electron chi connectivity index (χ4n) is 4.10. The molecule has 0 aliphatic heterocycles. The van der Waals surface area contributed by atoms with Gasteiger partial charge in [0.25, 0.3) is 0 Å². The van der Waals surface area contributed by atoms with Gasteiger partial charge in [0, 0.05) is 0 Å². The monoisotopic (exact) mass is 180 g/mol. The Labute approximate surface area is 83.1 Å². The third-order valence-electron chi connectivity index (χ3n) is 4.83. The second-order valence-corrected chi connectivity index (χ2v) is 5.40. The summed E-state index contributed by atoms with van der Waals surface area (Å²) in [6.07, 6.45) is 12.1. The zero-order valence-corrected chi connectivity index (χ0v) is 9.31. The van der Waals surface area contributed by atoms with E-state index in [1.165, 1.54) is 19.3 Å². The van der Waals surface area contributed by atoms with Crippen molar-refractivity contribution < 1.29 is 0 Å². The number of hydrogen-bond donors (Lipinski definition) is 0. The van der Waals surface area contributed by atoms with Crippen molar-refractivity contribution in [2.24, 2.45) is 17.3 Å². The molecule has 0 aromatic heterocycles. The first kappa shape index (κ1) is 9.55. The molecule has 0 heteroatoms. The normalized spacial score (nSPS) is 43.8. The van der Waals surface area contributed by atoms with Gasteiger partial charge in [-0.05, 0) is 55.8 Å². The molecule has 0 heterocycles. The summed E-state index contributed by atoms with van der Waals surface area (Å²) in [4.78, 5) is 0. The van der Waals surface area contributed by atoms with Gasteiger partial charge in [0.1, 0.15) is 0 Å². The summed E-state index contributed by atoms with van der Waals surface area (Å²) in [5, 5.41) is 0. The first-order valence-electron chi connectivity index (χ1n) is 6.30. The average Bonchev–Trinajstić information content (AvgIpc) is 2.19. The molecule has 0 amide bonds. The van der Waals surface area contributed by atoms with Gasteiger partial charge in [-0.3, -0.25) is 0 Å². The first-order chi connectivity index (χ1) is 6.30. The van der Waals surface area contributed by atoms with Crippen molar-refractivity contribution >= 4 is 0 Å². The highest BCUT2D eigenvalue weighted by atomic mass is 14.5. The Morgan fingerprint density at radius 2 is 1.85 bits per heavy atom. The lowest BCUT2D eigenvalue weighted by atomic mass is 9.53. The summed E-state index contributed by atoms with van der Waals surface area (Å²) in [7, 11) is 0. The van der Waals surface area contributed by atoms with Crippen LogP contribution in [0, 0.1) is 17.3 Å². The molecule has 3 rings (SSSR count). The summed E-state index contributed by atoms with van der Waals surface area (Å²) in [6.45, 7) is 4.77. The molecule has 0 aromatic carbocycles. The van der Waals surface area contributed by atoms with Crippen molar-refractivity contribution in [1.29, 1.82) is 0 Å². The summed E-state index contributed by atoms with van der Waals surface area (Å²) in [6, 6.07) is 0. The van der Waals surface area contributed by atoms with Crippen LogP contribution in [0.2, 0.25) is 0 Å². The van der Waals surface area contributed by atoms with Crippen molar-refractivity contribution in [2.45, 2.75) is 65.2 Å². The molecule has 0 saturated heterocycles. The topological polar surface area (TPSA) is 0 Å². The van der Waals surface area contributed by atoms with E-state index >= 15 is 0 Å². The van der Waals surface area contributed by atoms with E-state index in [9.17, 15) is 0 Å². The van der Waals surface area contributed by atoms with Crippen molar-refractivity contribution in [3.63, 3.8) is 0 Å². The molecule has 0 radical (unpaired) electrons. The van der Waals surface area contributed by atoms with Gasteiger partial charge in [0.15, 0.2) is 0 Å². The summed E-state index contributed by atoms with van der Waals surface area (Å²) >= 11 is 0. The molecule has 13 heavy (non-hydrogen) atoms. The smallest absolute Gasteiger partial charge is 0.0269 e. The average molecular weight is 180 g/mol. The molecule has 3 saturated carbocycles. The van der Waals surface area contributed by atoms with Crippen LogP contribution in [-0.4, -0.2) is 0 Å². The van der Waals surface area contributed by atoms with Crippen LogP contribution >= 0.6 is 0 Å². The second-order valence-electron chi connectivity index (χ2n) is 5.40. The lowest BCUT2D eigenvalue weighted by molar-refractivity contribution is -0.0149. The first-order valence-corrected chi connectivity index (χ1v) is 6.30. The minimum absolute atomic E-state index is 0.804. The molecule has 3 aliphatic carbocycles. The SMILES string of the molecule is CCCC12CCC(CC1)CC2CC. The van der Waals surface area contributed by atoms with Crippen LogP contribution in [0.15, 0.2) is 0 Å². The Morgan fingerprint density at radius 1 is 1.15 bits per heavy atom. The molecule has 3 aliphatic rings. The lowest BCUT2D eigenvalue weighted by Gasteiger charge is -2.52. The standard InChI is InChI=1S/C13H24/c1-3-7-13-8-5-11(6-9-13)10-12(13)4-2/h11-12H,3-10H2,1-2H3. The Balaban J connectivity index is 2.10. The van der Waals surface area contributed by atoms with Crippen LogP contribution in [0.4, 0.5) is 0 Å². The summed E-state index contributed by atoms with van der Waals surface area (Å²) in [5.41, 5.74) is 0.804. The molecule has 0 aromatic rings. The number of fused-ring (bicyclic) bond motifs is 3. The van der Waals surface area contributed by atoms with Crippen LogP contribution in [0.1, 0.15) is 65.2 Å². The molecule has 76 valence electrons. The minimum Gasteiger partial charge on any atom is -0.0654 e. The molecule has 0 spiro atoms. The Bertz CT molecular complexity index is 157. The van der Waals surface area contributed by atoms with Crippen molar-refractivity contribution in [1.82, 2.24) is 0 Å².